The van der Waals surface area contributed by atoms with Crippen LogP contribution in [0.4, 0.5) is 4.39 Å². The van der Waals surface area contributed by atoms with Crippen molar-refractivity contribution in [3.8, 4) is 28.7 Å². The molecule has 0 N–H and O–H groups in total. The minimum Gasteiger partial charge on any atom is -0.441 e. The summed E-state index contributed by atoms with van der Waals surface area (Å²) in [7, 11) is 0. The fourth-order valence-electron chi connectivity index (χ4n) is 3.07. The largest absolute Gasteiger partial charge is 0.441 e. The van der Waals surface area contributed by atoms with E-state index < -0.39 is 5.67 Å². The number of nitrogens with zero attached hydrogens (tertiary/aromatic N) is 5. The second kappa shape index (κ2) is 6.57. The second-order valence-electron chi connectivity index (χ2n) is 7.28. The monoisotopic (exact) mass is 375 g/mol. The molecule has 4 heterocycles. The van der Waals surface area contributed by atoms with E-state index >= 15 is 0 Å². The number of alkyl halides is 1. The maximum atomic E-state index is 13.9. The van der Waals surface area contributed by atoms with Gasteiger partial charge >= 0.3 is 0 Å². The third-order valence-electron chi connectivity index (χ3n) is 4.25. The summed E-state index contributed by atoms with van der Waals surface area (Å²) in [6.07, 6.45) is 5.46. The lowest BCUT2D eigenvalue weighted by atomic mass is 10.0. The fourth-order valence-corrected chi connectivity index (χ4v) is 3.07. The van der Waals surface area contributed by atoms with Crippen molar-refractivity contribution >= 4 is 5.65 Å². The number of aryl methyl sites for hydroxylation is 1. The molecule has 0 saturated carbocycles. The predicted octanol–water partition coefficient (Wildman–Crippen LogP) is 4.52. The van der Waals surface area contributed by atoms with Crippen LogP contribution in [-0.2, 0) is 6.42 Å². The van der Waals surface area contributed by atoms with Crippen molar-refractivity contribution in [1.29, 1.82) is 5.26 Å². The molecule has 0 radical (unpaired) electrons. The van der Waals surface area contributed by atoms with Gasteiger partial charge in [0.2, 0.25) is 0 Å². The zero-order chi connectivity index (χ0) is 19.9. The zero-order valence-electron chi connectivity index (χ0n) is 15.8. The summed E-state index contributed by atoms with van der Waals surface area (Å²) in [6.45, 7) is 4.88. The molecule has 0 amide bonds. The van der Waals surface area contributed by atoms with E-state index in [1.807, 2.05) is 35.9 Å². The quantitative estimate of drug-likeness (QED) is 0.524. The molecule has 0 atom stereocenters. The molecule has 0 unspecified atom stereocenters. The summed E-state index contributed by atoms with van der Waals surface area (Å²) >= 11 is 0. The lowest BCUT2D eigenvalue weighted by Gasteiger charge is -2.10. The number of oxazole rings is 1. The molecule has 0 aliphatic heterocycles. The van der Waals surface area contributed by atoms with Gasteiger partial charge in [0.05, 0.1) is 24.0 Å². The normalized spacial score (nSPS) is 11.7. The van der Waals surface area contributed by atoms with E-state index in [4.69, 9.17) is 4.42 Å². The number of fused-ring (bicyclic) bond motifs is 1. The van der Waals surface area contributed by atoms with E-state index in [1.54, 1.807) is 18.3 Å². The number of rotatable bonds is 4. The van der Waals surface area contributed by atoms with Crippen molar-refractivity contribution in [2.45, 2.75) is 32.9 Å². The number of pyridine rings is 2. The molecule has 0 aliphatic carbocycles. The topological polar surface area (TPSA) is 80.0 Å². The molecule has 4 rings (SSSR count). The highest BCUT2D eigenvalue weighted by molar-refractivity contribution is 5.79. The molecule has 140 valence electrons. The molecule has 4 aromatic rings. The molecule has 0 bridgehead atoms. The number of imidazole rings is 1. The van der Waals surface area contributed by atoms with Gasteiger partial charge in [-0.15, -0.1) is 0 Å². The van der Waals surface area contributed by atoms with Crippen molar-refractivity contribution in [1.82, 2.24) is 19.4 Å². The Hall–Kier alpha value is -3.53. The van der Waals surface area contributed by atoms with E-state index in [1.165, 1.54) is 13.8 Å². The van der Waals surface area contributed by atoms with Crippen LogP contribution in [0.25, 0.3) is 28.2 Å². The molecule has 0 aromatic carbocycles. The first-order valence-corrected chi connectivity index (χ1v) is 8.83. The van der Waals surface area contributed by atoms with Gasteiger partial charge in [-0.1, -0.05) is 0 Å². The van der Waals surface area contributed by atoms with Crippen LogP contribution in [0.5, 0.6) is 0 Å². The molecular weight excluding hydrogens is 357 g/mol. The zero-order valence-corrected chi connectivity index (χ0v) is 15.8. The molecule has 6 nitrogen and oxygen atoms in total. The van der Waals surface area contributed by atoms with Crippen LogP contribution < -0.4 is 0 Å². The Morgan fingerprint density at radius 2 is 2.07 bits per heavy atom. The second-order valence-corrected chi connectivity index (χ2v) is 7.28. The molecule has 4 aromatic heterocycles. The van der Waals surface area contributed by atoms with Crippen molar-refractivity contribution in [3.63, 3.8) is 0 Å². The average Bonchev–Trinajstić information content (AvgIpc) is 3.24. The van der Waals surface area contributed by atoms with E-state index in [-0.39, 0.29) is 6.42 Å². The van der Waals surface area contributed by atoms with Crippen LogP contribution in [-0.4, -0.2) is 25.0 Å². The summed E-state index contributed by atoms with van der Waals surface area (Å²) < 4.78 is 21.6. The summed E-state index contributed by atoms with van der Waals surface area (Å²) in [5.74, 6) is 0.794. The standard InChI is InChI=1S/C21H18FN5O/c1-13-12-27-7-6-14(8-18(27)25-13)20-16(5-4-15(10-23)26-20)17-11-24-19(28-17)9-21(2,3)22/h4-8,11-12H,9H2,1-3H3. The highest BCUT2D eigenvalue weighted by Crippen LogP contribution is 2.32. The van der Waals surface area contributed by atoms with Gasteiger partial charge in [-0.05, 0) is 45.0 Å². The number of hydrogen-bond acceptors (Lipinski definition) is 5. The highest BCUT2D eigenvalue weighted by atomic mass is 19.1. The van der Waals surface area contributed by atoms with Gasteiger partial charge in [0.1, 0.15) is 23.1 Å². The average molecular weight is 375 g/mol. The number of aromatic nitrogens is 4. The van der Waals surface area contributed by atoms with Crippen LogP contribution in [0.1, 0.15) is 31.1 Å². The van der Waals surface area contributed by atoms with Gasteiger partial charge < -0.3 is 8.82 Å². The van der Waals surface area contributed by atoms with E-state index in [2.05, 4.69) is 21.0 Å². The Morgan fingerprint density at radius 3 is 2.82 bits per heavy atom. The van der Waals surface area contributed by atoms with Crippen LogP contribution in [0.2, 0.25) is 0 Å². The van der Waals surface area contributed by atoms with E-state index in [0.717, 1.165) is 16.9 Å². The van der Waals surface area contributed by atoms with Crippen molar-refractivity contribution in [2.75, 3.05) is 0 Å². The maximum Gasteiger partial charge on any atom is 0.198 e. The third kappa shape index (κ3) is 3.49. The Labute approximate surface area is 161 Å². The third-order valence-corrected chi connectivity index (χ3v) is 4.25. The number of nitriles is 1. The first kappa shape index (κ1) is 17.9. The Bertz CT molecular complexity index is 1210. The van der Waals surface area contributed by atoms with Gasteiger partial charge in [0.15, 0.2) is 11.7 Å². The van der Waals surface area contributed by atoms with Crippen LogP contribution in [0.3, 0.4) is 0 Å². The van der Waals surface area contributed by atoms with Gasteiger partial charge in [-0.3, -0.25) is 0 Å². The van der Waals surface area contributed by atoms with E-state index in [9.17, 15) is 9.65 Å². The molecular formula is C21H18FN5O. The molecule has 0 fully saturated rings. The number of hydrogen-bond donors (Lipinski definition) is 0. The molecule has 7 heteroatoms. The van der Waals surface area contributed by atoms with Gasteiger partial charge in [0, 0.05) is 23.5 Å². The van der Waals surface area contributed by atoms with Crippen LogP contribution in [0.15, 0.2) is 47.3 Å². The summed E-state index contributed by atoms with van der Waals surface area (Å²) in [5, 5.41) is 9.27. The maximum absolute atomic E-state index is 13.9. The molecule has 28 heavy (non-hydrogen) atoms. The SMILES string of the molecule is Cc1cn2ccc(-c3nc(C#N)ccc3-c3cnc(CC(C)(C)F)o3)cc2n1. The van der Waals surface area contributed by atoms with Gasteiger partial charge in [-0.2, -0.15) is 5.26 Å². The Kier molecular flexibility index (Phi) is 4.19. The van der Waals surface area contributed by atoms with Gasteiger partial charge in [-0.25, -0.2) is 19.3 Å². The molecule has 0 aliphatic rings. The first-order chi connectivity index (χ1) is 13.3. The predicted molar refractivity (Wildman–Crippen MR) is 102 cm³/mol. The fraction of sp³-hybridized carbons (Fsp3) is 0.238. The number of halogens is 1. The van der Waals surface area contributed by atoms with Gasteiger partial charge in [0.25, 0.3) is 0 Å². The summed E-state index contributed by atoms with van der Waals surface area (Å²) in [6, 6.07) is 9.27. The Balaban J connectivity index is 1.83. The smallest absolute Gasteiger partial charge is 0.198 e. The van der Waals surface area contributed by atoms with E-state index in [0.29, 0.717) is 28.6 Å². The first-order valence-electron chi connectivity index (χ1n) is 8.83. The Morgan fingerprint density at radius 1 is 1.25 bits per heavy atom. The summed E-state index contributed by atoms with van der Waals surface area (Å²) in [4.78, 5) is 13.1. The minimum absolute atomic E-state index is 0.0748. The van der Waals surface area contributed by atoms with Crippen LogP contribution >= 0.6 is 0 Å². The lowest BCUT2D eigenvalue weighted by molar-refractivity contribution is 0.202. The molecule has 0 spiro atoms. The van der Waals surface area contributed by atoms with Crippen molar-refractivity contribution < 1.29 is 8.81 Å². The highest BCUT2D eigenvalue weighted by Gasteiger charge is 2.21. The minimum atomic E-state index is -1.42. The summed E-state index contributed by atoms with van der Waals surface area (Å²) in [5.41, 5.74) is 2.63. The lowest BCUT2D eigenvalue weighted by Crippen LogP contribution is -2.15. The van der Waals surface area contributed by atoms with Crippen LogP contribution in [0, 0.1) is 18.3 Å². The van der Waals surface area contributed by atoms with Crippen molar-refractivity contribution in [2.24, 2.45) is 0 Å². The molecule has 0 saturated heterocycles. The van der Waals surface area contributed by atoms with Crippen molar-refractivity contribution in [3.05, 3.63) is 60.1 Å².